The lowest BCUT2D eigenvalue weighted by Crippen LogP contribution is -2.52. The highest BCUT2D eigenvalue weighted by Gasteiger charge is 2.41. The van der Waals surface area contributed by atoms with Crippen molar-refractivity contribution in [2.45, 2.75) is 38.1 Å². The molecule has 1 aliphatic carbocycles. The van der Waals surface area contributed by atoms with Crippen molar-refractivity contribution in [1.29, 1.82) is 0 Å². The fraction of sp³-hybridized carbons (Fsp3) is 0.526. The predicted octanol–water partition coefficient (Wildman–Crippen LogP) is 3.83. The SMILES string of the molecule is CCCN1CC(CNC(=O)O)C[C@@H]2c3cccc4[nH]c(Cl)c(c34)C[C@H]21. The number of likely N-dealkylation sites (tertiary alicyclic amines) is 1. The molecule has 3 atom stereocenters. The van der Waals surface area contributed by atoms with Gasteiger partial charge in [-0.1, -0.05) is 30.7 Å². The minimum atomic E-state index is -0.936. The number of rotatable bonds is 4. The van der Waals surface area contributed by atoms with Crippen molar-refractivity contribution in [3.8, 4) is 0 Å². The molecule has 6 heteroatoms. The minimum absolute atomic E-state index is 0.343. The van der Waals surface area contributed by atoms with E-state index in [4.69, 9.17) is 16.7 Å². The molecule has 0 saturated carbocycles. The molecule has 25 heavy (non-hydrogen) atoms. The number of aromatic nitrogens is 1. The van der Waals surface area contributed by atoms with Gasteiger partial charge in [0.1, 0.15) is 5.15 Å². The largest absolute Gasteiger partial charge is 0.465 e. The van der Waals surface area contributed by atoms with Crippen molar-refractivity contribution in [1.82, 2.24) is 15.2 Å². The van der Waals surface area contributed by atoms with Crippen molar-refractivity contribution >= 4 is 28.6 Å². The molecule has 134 valence electrons. The van der Waals surface area contributed by atoms with Crippen LogP contribution in [0, 0.1) is 5.92 Å². The Hall–Kier alpha value is -1.72. The molecule has 3 N–H and O–H groups in total. The zero-order valence-electron chi connectivity index (χ0n) is 14.4. The maximum Gasteiger partial charge on any atom is 0.404 e. The van der Waals surface area contributed by atoms with Gasteiger partial charge in [-0.3, -0.25) is 4.90 Å². The van der Waals surface area contributed by atoms with E-state index < -0.39 is 6.09 Å². The minimum Gasteiger partial charge on any atom is -0.465 e. The number of nitrogens with one attached hydrogen (secondary N) is 2. The van der Waals surface area contributed by atoms with Crippen LogP contribution in [-0.2, 0) is 6.42 Å². The average Bonchev–Trinajstić information content (AvgIpc) is 2.91. The van der Waals surface area contributed by atoms with Gasteiger partial charge in [0.05, 0.1) is 0 Å². The lowest BCUT2D eigenvalue weighted by Gasteiger charge is -2.47. The molecule has 0 spiro atoms. The number of fused-ring (bicyclic) bond motifs is 2. The Morgan fingerprint density at radius 3 is 3.08 bits per heavy atom. The number of carboxylic acid groups (broad SMARTS) is 1. The van der Waals surface area contributed by atoms with Crippen LogP contribution in [0.1, 0.15) is 36.8 Å². The molecule has 0 bridgehead atoms. The second-order valence-corrected chi connectivity index (χ2v) is 7.73. The van der Waals surface area contributed by atoms with Crippen molar-refractivity contribution in [3.63, 3.8) is 0 Å². The van der Waals surface area contributed by atoms with Crippen LogP contribution in [0.5, 0.6) is 0 Å². The number of aromatic amines is 1. The summed E-state index contributed by atoms with van der Waals surface area (Å²) < 4.78 is 0. The van der Waals surface area contributed by atoms with Gasteiger partial charge in [0.15, 0.2) is 0 Å². The summed E-state index contributed by atoms with van der Waals surface area (Å²) in [6.07, 6.45) is 2.15. The third-order valence-electron chi connectivity index (χ3n) is 5.79. The number of hydrogen-bond acceptors (Lipinski definition) is 2. The number of benzene rings is 1. The standard InChI is InChI=1S/C19H24ClN3O2/c1-2-6-23-10-11(9-21-19(24)25)7-13-12-4-3-5-15-17(12)14(8-16(13)23)18(20)22-15/h3-5,11,13,16,21-22H,2,6-10H2,1H3,(H,24,25)/t11?,13-,16-/m1/s1. The third-order valence-corrected chi connectivity index (χ3v) is 6.11. The van der Waals surface area contributed by atoms with Crippen molar-refractivity contribution in [2.24, 2.45) is 5.92 Å². The Labute approximate surface area is 152 Å². The Morgan fingerprint density at radius 2 is 2.32 bits per heavy atom. The quantitative estimate of drug-likeness (QED) is 0.775. The third kappa shape index (κ3) is 2.89. The summed E-state index contributed by atoms with van der Waals surface area (Å²) in [7, 11) is 0. The lowest BCUT2D eigenvalue weighted by atomic mass is 9.72. The molecule has 1 aliphatic heterocycles. The summed E-state index contributed by atoms with van der Waals surface area (Å²) in [4.78, 5) is 16.8. The topological polar surface area (TPSA) is 68.4 Å². The molecule has 2 heterocycles. The van der Waals surface area contributed by atoms with Crippen molar-refractivity contribution < 1.29 is 9.90 Å². The van der Waals surface area contributed by atoms with Crippen LogP contribution < -0.4 is 5.32 Å². The highest BCUT2D eigenvalue weighted by atomic mass is 35.5. The zero-order valence-corrected chi connectivity index (χ0v) is 15.1. The molecule has 2 aromatic rings. The van der Waals surface area contributed by atoms with Crippen LogP contribution in [0.2, 0.25) is 5.15 Å². The molecule has 1 unspecified atom stereocenters. The second-order valence-electron chi connectivity index (χ2n) is 7.35. The first-order chi connectivity index (χ1) is 12.1. The highest BCUT2D eigenvalue weighted by Crippen LogP contribution is 2.46. The van der Waals surface area contributed by atoms with E-state index in [0.717, 1.165) is 43.0 Å². The Bertz CT molecular complexity index is 803. The molecule has 1 aromatic carbocycles. The van der Waals surface area contributed by atoms with E-state index in [1.165, 1.54) is 16.5 Å². The van der Waals surface area contributed by atoms with Crippen LogP contribution in [0.25, 0.3) is 10.9 Å². The van der Waals surface area contributed by atoms with Gasteiger partial charge in [0, 0.05) is 36.0 Å². The maximum absolute atomic E-state index is 10.9. The fourth-order valence-corrected chi connectivity index (χ4v) is 5.14. The van der Waals surface area contributed by atoms with Gasteiger partial charge in [0.25, 0.3) is 0 Å². The van der Waals surface area contributed by atoms with Crippen molar-refractivity contribution in [2.75, 3.05) is 19.6 Å². The Balaban J connectivity index is 1.71. The van der Waals surface area contributed by atoms with Gasteiger partial charge < -0.3 is 15.4 Å². The molecule has 1 aromatic heterocycles. The first kappa shape index (κ1) is 16.7. The summed E-state index contributed by atoms with van der Waals surface area (Å²) in [6, 6.07) is 6.86. The van der Waals surface area contributed by atoms with E-state index >= 15 is 0 Å². The highest BCUT2D eigenvalue weighted by molar-refractivity contribution is 6.32. The molecule has 1 fully saturated rings. The first-order valence-electron chi connectivity index (χ1n) is 9.08. The summed E-state index contributed by atoms with van der Waals surface area (Å²) in [5.74, 6) is 0.777. The van der Waals surface area contributed by atoms with Crippen LogP contribution in [0.15, 0.2) is 18.2 Å². The number of H-pyrrole nitrogens is 1. The van der Waals surface area contributed by atoms with Crippen molar-refractivity contribution in [3.05, 3.63) is 34.5 Å². The number of carbonyl (C=O) groups is 1. The van der Waals surface area contributed by atoms with Crippen LogP contribution >= 0.6 is 11.6 Å². The van der Waals surface area contributed by atoms with Crippen LogP contribution in [0.3, 0.4) is 0 Å². The van der Waals surface area contributed by atoms with E-state index in [1.54, 1.807) is 0 Å². The number of nitrogens with zero attached hydrogens (tertiary/aromatic N) is 1. The second kappa shape index (κ2) is 6.54. The van der Waals surface area contributed by atoms with Gasteiger partial charge in [-0.05, 0) is 48.9 Å². The normalized spacial score (nSPS) is 25.8. The number of halogens is 1. The van der Waals surface area contributed by atoms with Gasteiger partial charge in [-0.15, -0.1) is 0 Å². The summed E-state index contributed by atoms with van der Waals surface area (Å²) in [6.45, 7) is 4.71. The molecule has 2 aliphatic rings. The van der Waals surface area contributed by atoms with Gasteiger partial charge >= 0.3 is 6.09 Å². The van der Waals surface area contributed by atoms with Crippen LogP contribution in [0.4, 0.5) is 4.79 Å². The van der Waals surface area contributed by atoms with Gasteiger partial charge in [-0.2, -0.15) is 0 Å². The number of hydrogen-bond donors (Lipinski definition) is 3. The smallest absolute Gasteiger partial charge is 0.404 e. The lowest BCUT2D eigenvalue weighted by molar-refractivity contribution is 0.0838. The first-order valence-corrected chi connectivity index (χ1v) is 9.46. The molecular formula is C19H24ClN3O2. The van der Waals surface area contributed by atoms with E-state index in [0.29, 0.717) is 24.4 Å². The molecule has 1 amide bonds. The van der Waals surface area contributed by atoms with E-state index in [-0.39, 0.29) is 0 Å². The van der Waals surface area contributed by atoms with Crippen LogP contribution in [-0.4, -0.2) is 46.8 Å². The molecule has 1 saturated heterocycles. The maximum atomic E-state index is 10.9. The Morgan fingerprint density at radius 1 is 1.48 bits per heavy atom. The average molecular weight is 362 g/mol. The fourth-order valence-electron chi connectivity index (χ4n) is 4.87. The number of amides is 1. The summed E-state index contributed by atoms with van der Waals surface area (Å²) in [5, 5.41) is 13.6. The zero-order chi connectivity index (χ0) is 17.6. The predicted molar refractivity (Wildman–Crippen MR) is 99.5 cm³/mol. The summed E-state index contributed by atoms with van der Waals surface area (Å²) in [5.41, 5.74) is 3.73. The van der Waals surface area contributed by atoms with Gasteiger partial charge in [-0.25, -0.2) is 4.79 Å². The monoisotopic (exact) mass is 361 g/mol. The number of piperidine rings is 1. The molecule has 5 nitrogen and oxygen atoms in total. The Kier molecular flexibility index (Phi) is 4.38. The van der Waals surface area contributed by atoms with E-state index in [9.17, 15) is 4.79 Å². The van der Waals surface area contributed by atoms with E-state index in [1.807, 2.05) is 0 Å². The molecule has 0 radical (unpaired) electrons. The molecular weight excluding hydrogens is 338 g/mol. The molecule has 4 rings (SSSR count). The summed E-state index contributed by atoms with van der Waals surface area (Å²) >= 11 is 6.49. The van der Waals surface area contributed by atoms with E-state index in [2.05, 4.69) is 40.3 Å². The van der Waals surface area contributed by atoms with Gasteiger partial charge in [0.2, 0.25) is 0 Å².